The van der Waals surface area contributed by atoms with Gasteiger partial charge in [0.05, 0.1) is 4.47 Å². The molecule has 5 nitrogen and oxygen atoms in total. The number of aromatic nitrogens is 2. The predicted octanol–water partition coefficient (Wildman–Crippen LogP) is 3.96. The van der Waals surface area contributed by atoms with E-state index in [4.69, 9.17) is 10.8 Å². The number of nitrogens with zero attached hydrogens (tertiary/aromatic N) is 2. The van der Waals surface area contributed by atoms with Crippen LogP contribution in [0.1, 0.15) is 0 Å². The molecule has 4 N–H and O–H groups in total. The molecule has 0 saturated carbocycles. The molecule has 0 atom stereocenters. The lowest BCUT2D eigenvalue weighted by Gasteiger charge is -2.06. The number of rotatable bonds is 2. The van der Waals surface area contributed by atoms with Gasteiger partial charge in [0.2, 0.25) is 5.95 Å². The summed E-state index contributed by atoms with van der Waals surface area (Å²) in [7, 11) is 0. The average molecular weight is 359 g/mol. The van der Waals surface area contributed by atoms with E-state index in [1.165, 1.54) is 0 Å². The first kappa shape index (κ1) is 15.8. The molecule has 0 aliphatic carbocycles. The number of phenolic OH excluding ortho intramolecular Hbond substituents is 1. The van der Waals surface area contributed by atoms with Crippen molar-refractivity contribution >= 4 is 33.4 Å². The number of hydrogen-bond acceptors (Lipinski definition) is 5. The third-order valence-corrected chi connectivity index (χ3v) is 3.14. The molecule has 3 rings (SSSR count). The van der Waals surface area contributed by atoms with Gasteiger partial charge in [-0.2, -0.15) is 4.98 Å². The third-order valence-electron chi connectivity index (χ3n) is 2.56. The molecule has 0 aliphatic heterocycles. The minimum Gasteiger partial charge on any atom is -0.508 e. The number of anilines is 3. The quantitative estimate of drug-likeness (QED) is 0.645. The Hall–Kier alpha value is -2.60. The van der Waals surface area contributed by atoms with E-state index in [0.29, 0.717) is 11.6 Å². The molecule has 3 aromatic rings. The second kappa shape index (κ2) is 7.99. The fourth-order valence-electron chi connectivity index (χ4n) is 1.55. The maximum atomic E-state index is 8.63. The van der Waals surface area contributed by atoms with Crippen LogP contribution in [0.4, 0.5) is 17.5 Å². The molecule has 1 aromatic heterocycles. The Balaban J connectivity index is 0.000000211. The van der Waals surface area contributed by atoms with Crippen LogP contribution in [0.5, 0.6) is 5.75 Å². The van der Waals surface area contributed by atoms with Crippen molar-refractivity contribution in [1.82, 2.24) is 9.97 Å². The van der Waals surface area contributed by atoms with E-state index in [-0.39, 0.29) is 5.95 Å². The molecule has 0 saturated heterocycles. The van der Waals surface area contributed by atoms with E-state index in [1.54, 1.807) is 30.5 Å². The van der Waals surface area contributed by atoms with Gasteiger partial charge in [-0.25, -0.2) is 4.98 Å². The summed E-state index contributed by atoms with van der Waals surface area (Å²) in [4.78, 5) is 7.94. The van der Waals surface area contributed by atoms with Crippen molar-refractivity contribution in [2.45, 2.75) is 0 Å². The Bertz CT molecular complexity index is 708. The van der Waals surface area contributed by atoms with E-state index in [2.05, 4.69) is 31.2 Å². The number of benzene rings is 2. The molecule has 0 bridgehead atoms. The molecular weight excluding hydrogens is 344 g/mol. The maximum absolute atomic E-state index is 8.63. The number of hydrogen-bond donors (Lipinski definition) is 3. The molecule has 0 amide bonds. The highest BCUT2D eigenvalue weighted by Gasteiger charge is 2.02. The number of aromatic hydroxyl groups is 1. The molecule has 2 aromatic carbocycles. The lowest BCUT2D eigenvalue weighted by atomic mass is 10.3. The Morgan fingerprint density at radius 1 is 0.955 bits per heavy atom. The molecule has 0 aliphatic rings. The smallest absolute Gasteiger partial charge is 0.222 e. The summed E-state index contributed by atoms with van der Waals surface area (Å²) >= 11 is 3.34. The molecule has 112 valence electrons. The van der Waals surface area contributed by atoms with Crippen LogP contribution >= 0.6 is 15.9 Å². The van der Waals surface area contributed by atoms with Gasteiger partial charge in [0, 0.05) is 11.9 Å². The van der Waals surface area contributed by atoms with Crippen molar-refractivity contribution in [2.24, 2.45) is 0 Å². The van der Waals surface area contributed by atoms with Gasteiger partial charge in [0.1, 0.15) is 11.6 Å². The van der Waals surface area contributed by atoms with Gasteiger partial charge in [0.25, 0.3) is 0 Å². The number of halogens is 1. The number of para-hydroxylation sites is 2. The normalized spacial score (nSPS) is 9.50. The Morgan fingerprint density at radius 3 is 2.09 bits per heavy atom. The Kier molecular flexibility index (Phi) is 5.73. The van der Waals surface area contributed by atoms with Crippen LogP contribution in [-0.2, 0) is 0 Å². The SMILES string of the molecule is Nc1ncc(Br)c(Nc2ccccc2)n1.Oc1ccccc1. The standard InChI is InChI=1S/C10H9BrN4.C6H6O/c11-8-6-13-10(12)15-9(8)14-7-4-2-1-3-5-7;7-6-4-2-1-3-5-6/h1-6H,(H3,12,13,14,15);1-5,7H. The summed E-state index contributed by atoms with van der Waals surface area (Å²) < 4.78 is 0.778. The molecular formula is C16H15BrN4O. The summed E-state index contributed by atoms with van der Waals surface area (Å²) in [6, 6.07) is 18.5. The molecule has 0 radical (unpaired) electrons. The fraction of sp³-hybridized carbons (Fsp3) is 0. The zero-order valence-corrected chi connectivity index (χ0v) is 13.2. The van der Waals surface area contributed by atoms with Crippen LogP contribution in [-0.4, -0.2) is 15.1 Å². The summed E-state index contributed by atoms with van der Waals surface area (Å²) in [5.41, 5.74) is 6.45. The fourth-order valence-corrected chi connectivity index (χ4v) is 1.84. The van der Waals surface area contributed by atoms with Gasteiger partial charge in [-0.1, -0.05) is 36.4 Å². The second-order valence-electron chi connectivity index (χ2n) is 4.25. The molecule has 0 fully saturated rings. The van der Waals surface area contributed by atoms with Crippen molar-refractivity contribution in [3.8, 4) is 5.75 Å². The van der Waals surface area contributed by atoms with Crippen LogP contribution in [0.2, 0.25) is 0 Å². The largest absolute Gasteiger partial charge is 0.508 e. The minimum absolute atomic E-state index is 0.247. The molecule has 0 spiro atoms. The van der Waals surface area contributed by atoms with Crippen molar-refractivity contribution in [3.63, 3.8) is 0 Å². The van der Waals surface area contributed by atoms with E-state index in [9.17, 15) is 0 Å². The molecule has 1 heterocycles. The monoisotopic (exact) mass is 358 g/mol. The topological polar surface area (TPSA) is 84.1 Å². The number of phenols is 1. The van der Waals surface area contributed by atoms with Crippen LogP contribution in [0, 0.1) is 0 Å². The molecule has 0 unspecified atom stereocenters. The van der Waals surface area contributed by atoms with Gasteiger partial charge in [-0.15, -0.1) is 0 Å². The van der Waals surface area contributed by atoms with Crippen molar-refractivity contribution in [1.29, 1.82) is 0 Å². The Labute approximate surface area is 137 Å². The van der Waals surface area contributed by atoms with E-state index in [1.807, 2.05) is 36.4 Å². The highest BCUT2D eigenvalue weighted by Crippen LogP contribution is 2.23. The zero-order chi connectivity index (χ0) is 15.8. The second-order valence-corrected chi connectivity index (χ2v) is 5.11. The van der Waals surface area contributed by atoms with Crippen molar-refractivity contribution < 1.29 is 5.11 Å². The molecule has 22 heavy (non-hydrogen) atoms. The first-order valence-electron chi connectivity index (χ1n) is 6.49. The van der Waals surface area contributed by atoms with Gasteiger partial charge >= 0.3 is 0 Å². The van der Waals surface area contributed by atoms with E-state index in [0.717, 1.165) is 10.2 Å². The van der Waals surface area contributed by atoms with Gasteiger partial charge in [-0.05, 0) is 40.2 Å². The lowest BCUT2D eigenvalue weighted by Crippen LogP contribution is -2.00. The van der Waals surface area contributed by atoms with E-state index >= 15 is 0 Å². The predicted molar refractivity (Wildman–Crippen MR) is 92.0 cm³/mol. The number of nitrogens with one attached hydrogen (secondary N) is 1. The average Bonchev–Trinajstić information content (AvgIpc) is 2.53. The first-order chi connectivity index (χ1) is 10.6. The highest BCUT2D eigenvalue weighted by atomic mass is 79.9. The summed E-state index contributed by atoms with van der Waals surface area (Å²) in [5.74, 6) is 1.23. The highest BCUT2D eigenvalue weighted by molar-refractivity contribution is 9.10. The first-order valence-corrected chi connectivity index (χ1v) is 7.28. The summed E-state index contributed by atoms with van der Waals surface area (Å²) in [5, 5.41) is 11.8. The van der Waals surface area contributed by atoms with Crippen molar-refractivity contribution in [2.75, 3.05) is 11.1 Å². The summed E-state index contributed by atoms with van der Waals surface area (Å²) in [6.07, 6.45) is 1.62. The zero-order valence-electron chi connectivity index (χ0n) is 11.6. The van der Waals surface area contributed by atoms with Crippen LogP contribution < -0.4 is 11.1 Å². The minimum atomic E-state index is 0.247. The lowest BCUT2D eigenvalue weighted by molar-refractivity contribution is 0.475. The Morgan fingerprint density at radius 2 is 1.55 bits per heavy atom. The van der Waals surface area contributed by atoms with Crippen molar-refractivity contribution in [3.05, 3.63) is 71.3 Å². The molecule has 6 heteroatoms. The number of nitrogens with two attached hydrogens (primary N) is 1. The number of nitrogen functional groups attached to an aromatic ring is 1. The maximum Gasteiger partial charge on any atom is 0.222 e. The van der Waals surface area contributed by atoms with Gasteiger partial charge in [0.15, 0.2) is 0 Å². The van der Waals surface area contributed by atoms with Crippen LogP contribution in [0.15, 0.2) is 71.3 Å². The van der Waals surface area contributed by atoms with E-state index < -0.39 is 0 Å². The van der Waals surface area contributed by atoms with Crippen LogP contribution in [0.3, 0.4) is 0 Å². The van der Waals surface area contributed by atoms with Gasteiger partial charge < -0.3 is 16.2 Å². The third kappa shape index (κ3) is 5.06. The van der Waals surface area contributed by atoms with Crippen LogP contribution in [0.25, 0.3) is 0 Å². The van der Waals surface area contributed by atoms with Gasteiger partial charge in [-0.3, -0.25) is 0 Å². The summed E-state index contributed by atoms with van der Waals surface area (Å²) in [6.45, 7) is 0.